The first-order chi connectivity index (χ1) is 10.8. The molecule has 0 aromatic heterocycles. The van der Waals surface area contributed by atoms with Gasteiger partial charge in [-0.3, -0.25) is 0 Å². The molecule has 2 aliphatic rings. The molecule has 128 valence electrons. The van der Waals surface area contributed by atoms with Crippen LogP contribution in [0.15, 0.2) is 30.3 Å². The Balaban J connectivity index is 1.64. The third-order valence-corrected chi connectivity index (χ3v) is 7.79. The average molecular weight is 358 g/mol. The molecule has 1 saturated carbocycles. The summed E-state index contributed by atoms with van der Waals surface area (Å²) in [6, 6.07) is 9.31. The molecule has 3 unspecified atom stereocenters. The Kier molecular flexibility index (Phi) is 4.52. The van der Waals surface area contributed by atoms with Crippen LogP contribution in [0.4, 0.5) is 0 Å². The highest BCUT2D eigenvalue weighted by atomic mass is 32.2. The number of piperidine rings is 1. The molecule has 23 heavy (non-hydrogen) atoms. The van der Waals surface area contributed by atoms with E-state index in [0.717, 1.165) is 11.8 Å². The van der Waals surface area contributed by atoms with Gasteiger partial charge in [0.05, 0.1) is 11.5 Å². The number of sulfonamides is 2. The van der Waals surface area contributed by atoms with Crippen molar-refractivity contribution in [2.45, 2.75) is 36.5 Å². The minimum atomic E-state index is -3.42. The summed E-state index contributed by atoms with van der Waals surface area (Å²) >= 11 is 0. The maximum absolute atomic E-state index is 12.5. The van der Waals surface area contributed by atoms with Crippen molar-refractivity contribution in [3.8, 4) is 0 Å². The van der Waals surface area contributed by atoms with Gasteiger partial charge in [-0.15, -0.1) is 0 Å². The van der Waals surface area contributed by atoms with E-state index in [4.69, 9.17) is 0 Å². The van der Waals surface area contributed by atoms with Gasteiger partial charge in [0.2, 0.25) is 20.0 Å². The first kappa shape index (κ1) is 16.9. The summed E-state index contributed by atoms with van der Waals surface area (Å²) < 4.78 is 52.4. The fourth-order valence-electron chi connectivity index (χ4n) is 3.23. The molecule has 1 saturated heterocycles. The van der Waals surface area contributed by atoms with Crippen molar-refractivity contribution in [1.29, 1.82) is 0 Å². The Morgan fingerprint density at radius 2 is 1.83 bits per heavy atom. The summed E-state index contributed by atoms with van der Waals surface area (Å²) in [5, 5.41) is -0.404. The Labute approximate surface area is 138 Å². The van der Waals surface area contributed by atoms with E-state index in [1.807, 2.05) is 30.3 Å². The number of hydrogen-bond donors (Lipinski definition) is 1. The molecule has 1 N–H and O–H groups in total. The van der Waals surface area contributed by atoms with Crippen molar-refractivity contribution < 1.29 is 16.8 Å². The van der Waals surface area contributed by atoms with E-state index >= 15 is 0 Å². The van der Waals surface area contributed by atoms with Gasteiger partial charge in [-0.05, 0) is 24.8 Å². The van der Waals surface area contributed by atoms with Crippen molar-refractivity contribution in [1.82, 2.24) is 9.03 Å². The number of rotatable bonds is 5. The Hall–Kier alpha value is -0.960. The Morgan fingerprint density at radius 3 is 2.48 bits per heavy atom. The summed E-state index contributed by atoms with van der Waals surface area (Å²) in [5.74, 6) is 0.0447. The molecule has 0 amide bonds. The van der Waals surface area contributed by atoms with Crippen LogP contribution in [0.25, 0.3) is 0 Å². The van der Waals surface area contributed by atoms with Crippen LogP contribution in [-0.4, -0.2) is 51.8 Å². The van der Waals surface area contributed by atoms with Crippen molar-refractivity contribution in [2.24, 2.45) is 0 Å². The zero-order valence-corrected chi connectivity index (χ0v) is 14.7. The molecule has 1 aromatic carbocycles. The molecule has 1 aromatic rings. The third kappa shape index (κ3) is 3.93. The zero-order chi connectivity index (χ0) is 16.7. The lowest BCUT2D eigenvalue weighted by molar-refractivity contribution is 0.305. The van der Waals surface area contributed by atoms with Gasteiger partial charge in [-0.25, -0.2) is 25.9 Å². The first-order valence-corrected chi connectivity index (χ1v) is 11.2. The lowest BCUT2D eigenvalue weighted by Gasteiger charge is -2.31. The molecule has 8 heteroatoms. The van der Waals surface area contributed by atoms with Crippen LogP contribution in [0.1, 0.15) is 30.7 Å². The van der Waals surface area contributed by atoms with Gasteiger partial charge < -0.3 is 0 Å². The van der Waals surface area contributed by atoms with Gasteiger partial charge >= 0.3 is 0 Å². The molecule has 1 heterocycles. The molecule has 1 aliphatic carbocycles. The van der Waals surface area contributed by atoms with E-state index in [9.17, 15) is 16.8 Å². The largest absolute Gasteiger partial charge is 0.215 e. The standard InChI is InChI=1S/C15H22N2O4S2/c1-22(18,19)17-9-5-8-13(11-17)16-23(20,21)15-10-14(15)12-6-3-2-4-7-12/h2-4,6-7,13-16H,5,8-11H2,1H3. The fourth-order valence-corrected chi connectivity index (χ4v) is 6.02. The number of nitrogens with one attached hydrogen (secondary N) is 1. The number of benzene rings is 1. The smallest absolute Gasteiger partial charge is 0.213 e. The average Bonchev–Trinajstić information content (AvgIpc) is 3.28. The highest BCUT2D eigenvalue weighted by molar-refractivity contribution is 7.90. The third-order valence-electron chi connectivity index (χ3n) is 4.54. The fraction of sp³-hybridized carbons (Fsp3) is 0.600. The summed E-state index contributed by atoms with van der Waals surface area (Å²) in [4.78, 5) is 0. The summed E-state index contributed by atoms with van der Waals surface area (Å²) in [7, 11) is -6.70. The van der Waals surface area contributed by atoms with Crippen LogP contribution in [0, 0.1) is 0 Å². The Morgan fingerprint density at radius 1 is 1.13 bits per heavy atom. The van der Waals surface area contributed by atoms with Crippen LogP contribution in [0.5, 0.6) is 0 Å². The Bertz CT molecular complexity index is 762. The highest BCUT2D eigenvalue weighted by Crippen LogP contribution is 2.45. The van der Waals surface area contributed by atoms with Gasteiger partial charge in [0.1, 0.15) is 0 Å². The van der Waals surface area contributed by atoms with E-state index in [2.05, 4.69) is 4.72 Å². The van der Waals surface area contributed by atoms with Crippen LogP contribution < -0.4 is 4.72 Å². The first-order valence-electron chi connectivity index (χ1n) is 7.78. The van der Waals surface area contributed by atoms with Crippen molar-refractivity contribution in [3.05, 3.63) is 35.9 Å². The topological polar surface area (TPSA) is 83.6 Å². The maximum atomic E-state index is 12.5. The van der Waals surface area contributed by atoms with Gasteiger partial charge in [-0.2, -0.15) is 0 Å². The number of hydrogen-bond acceptors (Lipinski definition) is 4. The highest BCUT2D eigenvalue weighted by Gasteiger charge is 2.48. The quantitative estimate of drug-likeness (QED) is 0.847. The van der Waals surface area contributed by atoms with Gasteiger partial charge in [0.25, 0.3) is 0 Å². The SMILES string of the molecule is CS(=O)(=O)N1CCCC(NS(=O)(=O)C2CC2c2ccccc2)C1. The van der Waals surface area contributed by atoms with E-state index in [0.29, 0.717) is 25.8 Å². The summed E-state index contributed by atoms with van der Waals surface area (Å²) in [6.45, 7) is 0.688. The molecular formula is C15H22N2O4S2. The lowest BCUT2D eigenvalue weighted by atomic mass is 10.1. The van der Waals surface area contributed by atoms with Crippen LogP contribution >= 0.6 is 0 Å². The van der Waals surface area contributed by atoms with E-state index in [-0.39, 0.29) is 18.5 Å². The minimum absolute atomic E-state index is 0.0447. The summed E-state index contributed by atoms with van der Waals surface area (Å²) in [5.41, 5.74) is 1.05. The molecule has 0 radical (unpaired) electrons. The molecule has 0 bridgehead atoms. The summed E-state index contributed by atoms with van der Waals surface area (Å²) in [6.07, 6.45) is 3.14. The van der Waals surface area contributed by atoms with E-state index < -0.39 is 25.3 Å². The van der Waals surface area contributed by atoms with Gasteiger partial charge in [-0.1, -0.05) is 30.3 Å². The van der Waals surface area contributed by atoms with Crippen molar-refractivity contribution in [2.75, 3.05) is 19.3 Å². The second-order valence-electron chi connectivity index (χ2n) is 6.41. The second kappa shape index (κ2) is 6.16. The van der Waals surface area contributed by atoms with Gasteiger partial charge in [0.15, 0.2) is 0 Å². The predicted octanol–water partition coefficient (Wildman–Crippen LogP) is 0.886. The van der Waals surface area contributed by atoms with Crippen LogP contribution in [0.3, 0.4) is 0 Å². The van der Waals surface area contributed by atoms with Crippen LogP contribution in [0.2, 0.25) is 0 Å². The monoisotopic (exact) mass is 358 g/mol. The molecule has 3 atom stereocenters. The molecule has 2 fully saturated rings. The van der Waals surface area contributed by atoms with E-state index in [1.165, 1.54) is 4.31 Å². The molecule has 1 aliphatic heterocycles. The van der Waals surface area contributed by atoms with Gasteiger partial charge in [0, 0.05) is 25.0 Å². The van der Waals surface area contributed by atoms with E-state index in [1.54, 1.807) is 0 Å². The normalized spacial score (nSPS) is 29.3. The predicted molar refractivity (Wildman–Crippen MR) is 89.1 cm³/mol. The van der Waals surface area contributed by atoms with Crippen LogP contribution in [-0.2, 0) is 20.0 Å². The number of nitrogens with zero attached hydrogens (tertiary/aromatic N) is 1. The molecular weight excluding hydrogens is 336 g/mol. The minimum Gasteiger partial charge on any atom is -0.213 e. The molecule has 6 nitrogen and oxygen atoms in total. The van der Waals surface area contributed by atoms with Crippen molar-refractivity contribution >= 4 is 20.0 Å². The molecule has 0 spiro atoms. The molecule has 3 rings (SSSR count). The zero-order valence-electron chi connectivity index (χ0n) is 13.1. The van der Waals surface area contributed by atoms with Crippen molar-refractivity contribution in [3.63, 3.8) is 0 Å². The lowest BCUT2D eigenvalue weighted by Crippen LogP contribution is -2.50. The second-order valence-corrected chi connectivity index (χ2v) is 10.3. The maximum Gasteiger partial charge on any atom is 0.215 e.